The molecule has 3 rings (SSSR count). The number of fused-ring (bicyclic) bond motifs is 1. The van der Waals surface area contributed by atoms with E-state index in [0.717, 1.165) is 16.3 Å². The molecular weight excluding hydrogens is 222 g/mol. The molecule has 4 nitrogen and oxygen atoms in total. The molecule has 3 aromatic heterocycles. The van der Waals surface area contributed by atoms with Gasteiger partial charge in [-0.15, -0.1) is 21.5 Å². The molecule has 0 aliphatic heterocycles. The van der Waals surface area contributed by atoms with Crippen molar-refractivity contribution in [2.45, 2.75) is 6.92 Å². The molecule has 16 heavy (non-hydrogen) atoms. The maximum Gasteiger partial charge on any atom is 0.178 e. The number of pyridine rings is 1. The van der Waals surface area contributed by atoms with E-state index >= 15 is 0 Å². The van der Waals surface area contributed by atoms with Crippen LogP contribution in [0.2, 0.25) is 0 Å². The minimum atomic E-state index is 0.210. The number of thiophene rings is 1. The number of aromatic nitrogens is 3. The molecule has 0 saturated heterocycles. The number of aromatic hydroxyl groups is 1. The second kappa shape index (κ2) is 3.31. The molecular formula is C11H9N3OS. The van der Waals surface area contributed by atoms with Gasteiger partial charge in [-0.2, -0.15) is 0 Å². The van der Waals surface area contributed by atoms with Crippen molar-refractivity contribution in [3.05, 3.63) is 35.3 Å². The van der Waals surface area contributed by atoms with E-state index in [1.165, 1.54) is 4.88 Å². The SMILES string of the molecule is Cc1ccc(-c2nnc3ccc(O)cn23)s1. The highest BCUT2D eigenvalue weighted by atomic mass is 32.1. The molecule has 0 amide bonds. The third-order valence-electron chi connectivity index (χ3n) is 2.35. The highest BCUT2D eigenvalue weighted by Gasteiger charge is 2.09. The van der Waals surface area contributed by atoms with E-state index in [1.54, 1.807) is 34.1 Å². The second-order valence-corrected chi connectivity index (χ2v) is 4.84. The second-order valence-electron chi connectivity index (χ2n) is 3.55. The molecule has 0 unspecified atom stereocenters. The molecule has 0 bridgehead atoms. The van der Waals surface area contributed by atoms with Crippen molar-refractivity contribution in [2.24, 2.45) is 0 Å². The Bertz CT molecular complexity index is 656. The Morgan fingerprint density at radius 1 is 1.19 bits per heavy atom. The molecule has 5 heteroatoms. The van der Waals surface area contributed by atoms with Crippen LogP contribution in [-0.2, 0) is 0 Å². The van der Waals surface area contributed by atoms with Crippen LogP contribution in [0.25, 0.3) is 16.3 Å². The minimum absolute atomic E-state index is 0.210. The lowest BCUT2D eigenvalue weighted by Gasteiger charge is -1.97. The first kappa shape index (κ1) is 9.35. The molecule has 3 aromatic rings. The van der Waals surface area contributed by atoms with E-state index in [2.05, 4.69) is 17.1 Å². The minimum Gasteiger partial charge on any atom is -0.506 e. The third kappa shape index (κ3) is 1.37. The Morgan fingerprint density at radius 3 is 2.81 bits per heavy atom. The number of rotatable bonds is 1. The van der Waals surface area contributed by atoms with Gasteiger partial charge in [-0.25, -0.2) is 0 Å². The van der Waals surface area contributed by atoms with Crippen LogP contribution in [0.3, 0.4) is 0 Å². The van der Waals surface area contributed by atoms with Gasteiger partial charge in [0.25, 0.3) is 0 Å². The van der Waals surface area contributed by atoms with Crippen molar-refractivity contribution in [3.8, 4) is 16.5 Å². The lowest BCUT2D eigenvalue weighted by atomic mass is 10.4. The molecule has 0 aromatic carbocycles. The normalized spacial score (nSPS) is 11.1. The fourth-order valence-electron chi connectivity index (χ4n) is 1.60. The Labute approximate surface area is 95.8 Å². The Balaban J connectivity index is 2.27. The van der Waals surface area contributed by atoms with Gasteiger partial charge in [-0.1, -0.05) is 0 Å². The molecule has 80 valence electrons. The fourth-order valence-corrected chi connectivity index (χ4v) is 2.45. The first-order valence-electron chi connectivity index (χ1n) is 4.84. The highest BCUT2D eigenvalue weighted by Crippen LogP contribution is 2.27. The summed E-state index contributed by atoms with van der Waals surface area (Å²) in [6.45, 7) is 2.05. The average Bonchev–Trinajstić information content (AvgIpc) is 2.83. The van der Waals surface area contributed by atoms with E-state index in [9.17, 15) is 5.11 Å². The maximum absolute atomic E-state index is 9.45. The summed E-state index contributed by atoms with van der Waals surface area (Å²) in [6.07, 6.45) is 1.62. The monoisotopic (exact) mass is 231 g/mol. The van der Waals surface area contributed by atoms with Crippen LogP contribution < -0.4 is 0 Å². The lowest BCUT2D eigenvalue weighted by molar-refractivity contribution is 0.472. The van der Waals surface area contributed by atoms with Crippen LogP contribution >= 0.6 is 11.3 Å². The van der Waals surface area contributed by atoms with Gasteiger partial charge < -0.3 is 5.11 Å². The molecule has 0 spiro atoms. The van der Waals surface area contributed by atoms with Gasteiger partial charge >= 0.3 is 0 Å². The van der Waals surface area contributed by atoms with Crippen LogP contribution in [0.4, 0.5) is 0 Å². The van der Waals surface area contributed by atoms with E-state index < -0.39 is 0 Å². The molecule has 0 atom stereocenters. The van der Waals surface area contributed by atoms with E-state index in [0.29, 0.717) is 0 Å². The van der Waals surface area contributed by atoms with E-state index in [-0.39, 0.29) is 5.75 Å². The van der Waals surface area contributed by atoms with Crippen molar-refractivity contribution in [3.63, 3.8) is 0 Å². The first-order valence-corrected chi connectivity index (χ1v) is 5.66. The van der Waals surface area contributed by atoms with Crippen molar-refractivity contribution in [1.82, 2.24) is 14.6 Å². The summed E-state index contributed by atoms with van der Waals surface area (Å²) in [4.78, 5) is 2.28. The Morgan fingerprint density at radius 2 is 2.06 bits per heavy atom. The quantitative estimate of drug-likeness (QED) is 0.700. The standard InChI is InChI=1S/C11H9N3OS/c1-7-2-4-9(16-7)11-13-12-10-5-3-8(15)6-14(10)11/h2-6,15H,1H3. The molecule has 0 fully saturated rings. The summed E-state index contributed by atoms with van der Waals surface area (Å²) >= 11 is 1.66. The highest BCUT2D eigenvalue weighted by molar-refractivity contribution is 7.15. The number of aryl methyl sites for hydroxylation is 1. The summed E-state index contributed by atoms with van der Waals surface area (Å²) in [7, 11) is 0. The summed E-state index contributed by atoms with van der Waals surface area (Å²) < 4.78 is 1.79. The number of nitrogens with zero attached hydrogens (tertiary/aromatic N) is 3. The van der Waals surface area contributed by atoms with Gasteiger partial charge in [0.2, 0.25) is 0 Å². The lowest BCUT2D eigenvalue weighted by Crippen LogP contribution is -1.86. The van der Waals surface area contributed by atoms with Crippen LogP contribution in [0.1, 0.15) is 4.88 Å². The summed E-state index contributed by atoms with van der Waals surface area (Å²) in [6, 6.07) is 7.41. The Hall–Kier alpha value is -1.88. The van der Waals surface area contributed by atoms with Crippen molar-refractivity contribution in [2.75, 3.05) is 0 Å². The van der Waals surface area contributed by atoms with Gasteiger partial charge in [0.05, 0.1) is 11.1 Å². The maximum atomic E-state index is 9.45. The molecule has 0 radical (unpaired) electrons. The van der Waals surface area contributed by atoms with E-state index in [4.69, 9.17) is 0 Å². The van der Waals surface area contributed by atoms with Gasteiger partial charge in [0, 0.05) is 4.88 Å². The van der Waals surface area contributed by atoms with Crippen LogP contribution in [-0.4, -0.2) is 19.7 Å². The smallest absolute Gasteiger partial charge is 0.178 e. The van der Waals surface area contributed by atoms with Crippen LogP contribution in [0, 0.1) is 6.92 Å². The largest absolute Gasteiger partial charge is 0.506 e. The molecule has 3 heterocycles. The Kier molecular flexibility index (Phi) is 1.94. The molecule has 0 aliphatic rings. The summed E-state index contributed by atoms with van der Waals surface area (Å²) in [5, 5.41) is 17.6. The van der Waals surface area contributed by atoms with Crippen LogP contribution in [0.15, 0.2) is 30.5 Å². The zero-order valence-corrected chi connectivity index (χ0v) is 9.40. The zero-order valence-electron chi connectivity index (χ0n) is 8.58. The third-order valence-corrected chi connectivity index (χ3v) is 3.34. The number of hydrogen-bond donors (Lipinski definition) is 1. The van der Waals surface area contributed by atoms with Gasteiger partial charge in [0.15, 0.2) is 11.5 Å². The van der Waals surface area contributed by atoms with Crippen molar-refractivity contribution < 1.29 is 5.11 Å². The summed E-state index contributed by atoms with van der Waals surface area (Å²) in [5.74, 6) is 0.978. The number of hydrogen-bond acceptors (Lipinski definition) is 4. The summed E-state index contributed by atoms with van der Waals surface area (Å²) in [5.41, 5.74) is 0.735. The van der Waals surface area contributed by atoms with E-state index in [1.807, 2.05) is 12.1 Å². The molecule has 0 aliphatic carbocycles. The predicted molar refractivity (Wildman–Crippen MR) is 62.7 cm³/mol. The van der Waals surface area contributed by atoms with Crippen molar-refractivity contribution in [1.29, 1.82) is 0 Å². The zero-order chi connectivity index (χ0) is 11.1. The van der Waals surface area contributed by atoms with Gasteiger partial charge in [0.1, 0.15) is 5.75 Å². The van der Waals surface area contributed by atoms with Gasteiger partial charge in [-0.3, -0.25) is 4.40 Å². The molecule has 0 saturated carbocycles. The average molecular weight is 231 g/mol. The van der Waals surface area contributed by atoms with Crippen LogP contribution in [0.5, 0.6) is 5.75 Å². The topological polar surface area (TPSA) is 50.4 Å². The fraction of sp³-hybridized carbons (Fsp3) is 0.0909. The van der Waals surface area contributed by atoms with Gasteiger partial charge in [-0.05, 0) is 31.2 Å². The predicted octanol–water partition coefficient (Wildman–Crippen LogP) is 2.47. The van der Waals surface area contributed by atoms with Crippen molar-refractivity contribution >= 4 is 17.0 Å². The first-order chi connectivity index (χ1) is 7.74. The molecule has 1 N–H and O–H groups in total.